The van der Waals surface area contributed by atoms with E-state index in [1.165, 1.54) is 38.9 Å². The van der Waals surface area contributed by atoms with Crippen molar-refractivity contribution in [3.63, 3.8) is 0 Å². The second kappa shape index (κ2) is 6.19. The van der Waals surface area contributed by atoms with E-state index in [-0.39, 0.29) is 0 Å². The van der Waals surface area contributed by atoms with E-state index in [1.807, 2.05) is 6.07 Å². The van der Waals surface area contributed by atoms with Crippen LogP contribution < -0.4 is 0 Å². The molecule has 0 amide bonds. The fraction of sp³-hybridized carbons (Fsp3) is 0.182. The number of hydrogen-bond acceptors (Lipinski definition) is 0. The standard InChI is InChI=1S/C22H21/c1-4-18-6-5-7-21(19-12-8-16(2)9-13-19)22(18)20-14-10-17(3)11-15-20/h5,7-15H,4H2,1-3H3. The van der Waals surface area contributed by atoms with Gasteiger partial charge in [-0.3, -0.25) is 0 Å². The van der Waals surface area contributed by atoms with Crippen LogP contribution in [0.2, 0.25) is 0 Å². The summed E-state index contributed by atoms with van der Waals surface area (Å²) >= 11 is 0. The molecule has 0 aliphatic rings. The molecule has 0 N–H and O–H groups in total. The number of benzene rings is 3. The third-order valence-corrected chi connectivity index (χ3v) is 4.14. The Bertz CT molecular complexity index is 762. The van der Waals surface area contributed by atoms with Gasteiger partial charge in [0, 0.05) is 0 Å². The van der Waals surface area contributed by atoms with Crippen LogP contribution >= 0.6 is 0 Å². The van der Waals surface area contributed by atoms with Crippen molar-refractivity contribution in [3.05, 3.63) is 83.4 Å². The van der Waals surface area contributed by atoms with E-state index >= 15 is 0 Å². The first-order valence-corrected chi connectivity index (χ1v) is 7.86. The molecule has 22 heavy (non-hydrogen) atoms. The number of rotatable bonds is 3. The summed E-state index contributed by atoms with van der Waals surface area (Å²) in [4.78, 5) is 0. The molecule has 0 saturated heterocycles. The normalized spacial score (nSPS) is 10.7. The Hall–Kier alpha value is -2.34. The van der Waals surface area contributed by atoms with Crippen LogP contribution in [0.5, 0.6) is 0 Å². The van der Waals surface area contributed by atoms with E-state index in [4.69, 9.17) is 0 Å². The molecule has 0 fully saturated rings. The monoisotopic (exact) mass is 285 g/mol. The van der Waals surface area contributed by atoms with Gasteiger partial charge in [0.2, 0.25) is 0 Å². The predicted molar refractivity (Wildman–Crippen MR) is 95.0 cm³/mol. The van der Waals surface area contributed by atoms with Gasteiger partial charge < -0.3 is 0 Å². The maximum atomic E-state index is 3.42. The second-order valence-electron chi connectivity index (χ2n) is 5.83. The van der Waals surface area contributed by atoms with Gasteiger partial charge in [-0.2, -0.15) is 0 Å². The van der Waals surface area contributed by atoms with Gasteiger partial charge >= 0.3 is 0 Å². The van der Waals surface area contributed by atoms with Gasteiger partial charge in [0.05, 0.1) is 0 Å². The van der Waals surface area contributed by atoms with E-state index in [9.17, 15) is 0 Å². The van der Waals surface area contributed by atoms with Gasteiger partial charge in [-0.05, 0) is 54.2 Å². The van der Waals surface area contributed by atoms with Crippen molar-refractivity contribution in [1.82, 2.24) is 0 Å². The Labute approximate surface area is 133 Å². The highest BCUT2D eigenvalue weighted by atomic mass is 14.1. The Morgan fingerprint density at radius 1 is 0.727 bits per heavy atom. The van der Waals surface area contributed by atoms with Gasteiger partial charge in [-0.25, -0.2) is 0 Å². The molecule has 109 valence electrons. The zero-order chi connectivity index (χ0) is 15.5. The molecule has 0 bridgehead atoms. The molecular formula is C22H21. The molecule has 3 aromatic carbocycles. The highest BCUT2D eigenvalue weighted by Gasteiger charge is 2.11. The largest absolute Gasteiger partial charge is 0.0612 e. The lowest BCUT2D eigenvalue weighted by Crippen LogP contribution is -1.93. The molecule has 0 unspecified atom stereocenters. The quantitative estimate of drug-likeness (QED) is 0.553. The van der Waals surface area contributed by atoms with Crippen molar-refractivity contribution in [2.75, 3.05) is 0 Å². The van der Waals surface area contributed by atoms with Crippen LogP contribution in [0.3, 0.4) is 0 Å². The number of aryl methyl sites for hydroxylation is 3. The molecule has 3 rings (SSSR count). The second-order valence-corrected chi connectivity index (χ2v) is 5.83. The highest BCUT2D eigenvalue weighted by Crippen LogP contribution is 2.35. The zero-order valence-electron chi connectivity index (χ0n) is 13.5. The van der Waals surface area contributed by atoms with E-state index < -0.39 is 0 Å². The summed E-state index contributed by atoms with van der Waals surface area (Å²) in [5, 5.41) is 0. The summed E-state index contributed by atoms with van der Waals surface area (Å²) in [7, 11) is 0. The Balaban J connectivity index is 2.22. The lowest BCUT2D eigenvalue weighted by molar-refractivity contribution is 1.14. The molecule has 0 nitrogen and oxygen atoms in total. The first kappa shape index (κ1) is 14.6. The van der Waals surface area contributed by atoms with Crippen molar-refractivity contribution < 1.29 is 0 Å². The molecule has 0 aromatic heterocycles. The molecule has 0 atom stereocenters. The van der Waals surface area contributed by atoms with Crippen LogP contribution in [0.4, 0.5) is 0 Å². The van der Waals surface area contributed by atoms with Crippen molar-refractivity contribution in [1.29, 1.82) is 0 Å². The first-order chi connectivity index (χ1) is 10.7. The van der Waals surface area contributed by atoms with Gasteiger partial charge in [0.25, 0.3) is 0 Å². The van der Waals surface area contributed by atoms with Gasteiger partial charge in [0.1, 0.15) is 0 Å². The van der Waals surface area contributed by atoms with E-state index in [2.05, 4.69) is 81.4 Å². The molecule has 0 aliphatic carbocycles. The summed E-state index contributed by atoms with van der Waals surface area (Å²) in [6.45, 7) is 6.45. The minimum atomic E-state index is 0.989. The van der Waals surface area contributed by atoms with E-state index in [0.717, 1.165) is 6.42 Å². The minimum absolute atomic E-state index is 0.989. The maximum Gasteiger partial charge on any atom is -0.00672 e. The molecule has 0 spiro atoms. The minimum Gasteiger partial charge on any atom is -0.0612 e. The van der Waals surface area contributed by atoms with Crippen LogP contribution in [-0.4, -0.2) is 0 Å². The molecule has 0 heteroatoms. The SMILES string of the molecule is CCc1[c]ccc(-c2ccc(C)cc2)c1-c1ccc(C)cc1. The summed E-state index contributed by atoms with van der Waals surface area (Å²) in [5.74, 6) is 0. The Morgan fingerprint density at radius 3 is 1.82 bits per heavy atom. The highest BCUT2D eigenvalue weighted by molar-refractivity contribution is 5.85. The van der Waals surface area contributed by atoms with Crippen LogP contribution in [-0.2, 0) is 6.42 Å². The van der Waals surface area contributed by atoms with Crippen molar-refractivity contribution >= 4 is 0 Å². The molecule has 1 radical (unpaired) electrons. The lowest BCUT2D eigenvalue weighted by Gasteiger charge is -2.15. The first-order valence-electron chi connectivity index (χ1n) is 7.86. The maximum absolute atomic E-state index is 3.42. The summed E-state index contributed by atoms with van der Waals surface area (Å²) < 4.78 is 0. The number of hydrogen-bond donors (Lipinski definition) is 0. The summed E-state index contributed by atoms with van der Waals surface area (Å²) in [5.41, 5.74) is 9.01. The summed E-state index contributed by atoms with van der Waals surface area (Å²) in [6.07, 6.45) is 0.989. The van der Waals surface area contributed by atoms with Gasteiger partial charge in [-0.15, -0.1) is 0 Å². The third kappa shape index (κ3) is 2.82. The van der Waals surface area contributed by atoms with Crippen LogP contribution in [0, 0.1) is 19.9 Å². The Morgan fingerprint density at radius 2 is 1.27 bits per heavy atom. The third-order valence-electron chi connectivity index (χ3n) is 4.14. The molecule has 3 aromatic rings. The fourth-order valence-electron chi connectivity index (χ4n) is 2.85. The van der Waals surface area contributed by atoms with E-state index in [1.54, 1.807) is 0 Å². The Kier molecular flexibility index (Phi) is 4.11. The van der Waals surface area contributed by atoms with Crippen LogP contribution in [0.15, 0.2) is 60.7 Å². The smallest absolute Gasteiger partial charge is 0.00672 e. The molecular weight excluding hydrogens is 264 g/mol. The van der Waals surface area contributed by atoms with Crippen molar-refractivity contribution in [2.24, 2.45) is 0 Å². The summed E-state index contributed by atoms with van der Waals surface area (Å²) in [6, 6.07) is 25.2. The molecule has 0 saturated carbocycles. The molecule has 0 aliphatic heterocycles. The average molecular weight is 285 g/mol. The van der Waals surface area contributed by atoms with Crippen molar-refractivity contribution in [3.8, 4) is 22.3 Å². The van der Waals surface area contributed by atoms with Crippen LogP contribution in [0.25, 0.3) is 22.3 Å². The van der Waals surface area contributed by atoms with Gasteiger partial charge in [-0.1, -0.05) is 78.7 Å². The van der Waals surface area contributed by atoms with Crippen molar-refractivity contribution in [2.45, 2.75) is 27.2 Å². The fourth-order valence-corrected chi connectivity index (χ4v) is 2.85. The zero-order valence-corrected chi connectivity index (χ0v) is 13.5. The van der Waals surface area contributed by atoms with Crippen LogP contribution in [0.1, 0.15) is 23.6 Å². The molecule has 0 heterocycles. The predicted octanol–water partition coefficient (Wildman–Crippen LogP) is 6.00. The van der Waals surface area contributed by atoms with Gasteiger partial charge in [0.15, 0.2) is 0 Å². The lowest BCUT2D eigenvalue weighted by atomic mass is 9.89. The van der Waals surface area contributed by atoms with E-state index in [0.29, 0.717) is 0 Å². The average Bonchev–Trinajstić information content (AvgIpc) is 2.56. The topological polar surface area (TPSA) is 0 Å².